The van der Waals surface area contributed by atoms with Crippen molar-refractivity contribution in [3.63, 3.8) is 0 Å². The molecule has 0 aromatic heterocycles. The predicted molar refractivity (Wildman–Crippen MR) is 71.7 cm³/mol. The molecule has 0 bridgehead atoms. The molecule has 1 atom stereocenters. The van der Waals surface area contributed by atoms with E-state index in [4.69, 9.17) is 33.7 Å². The third-order valence-electron chi connectivity index (χ3n) is 3.36. The zero-order chi connectivity index (χ0) is 12.3. The normalized spacial score (nSPS) is 19.2. The van der Waals surface area contributed by atoms with Gasteiger partial charge in [0.05, 0.1) is 10.0 Å². The second kappa shape index (κ2) is 6.05. The number of benzene rings is 1. The molecule has 1 saturated heterocycles. The smallest absolute Gasteiger partial charge is 0.0624 e. The number of halogens is 2. The Labute approximate surface area is 112 Å². The number of rotatable bonds is 3. The quantitative estimate of drug-likeness (QED) is 0.918. The van der Waals surface area contributed by atoms with Gasteiger partial charge in [0.25, 0.3) is 0 Å². The highest BCUT2D eigenvalue weighted by Gasteiger charge is 2.22. The van der Waals surface area contributed by atoms with Gasteiger partial charge in [0.2, 0.25) is 0 Å². The van der Waals surface area contributed by atoms with Crippen molar-refractivity contribution in [2.24, 2.45) is 11.7 Å². The van der Waals surface area contributed by atoms with Crippen molar-refractivity contribution >= 4 is 23.2 Å². The molecule has 1 aromatic rings. The van der Waals surface area contributed by atoms with Crippen molar-refractivity contribution in [2.75, 3.05) is 13.2 Å². The molecule has 0 saturated carbocycles. The summed E-state index contributed by atoms with van der Waals surface area (Å²) >= 11 is 12.2. The summed E-state index contributed by atoms with van der Waals surface area (Å²) in [7, 11) is 0. The molecule has 0 spiro atoms. The van der Waals surface area contributed by atoms with Crippen LogP contribution in [0, 0.1) is 5.92 Å². The van der Waals surface area contributed by atoms with Crippen LogP contribution in [0.5, 0.6) is 0 Å². The Morgan fingerprint density at radius 3 is 2.71 bits per heavy atom. The molecular weight excluding hydrogens is 257 g/mol. The van der Waals surface area contributed by atoms with E-state index in [0.29, 0.717) is 16.0 Å². The summed E-state index contributed by atoms with van der Waals surface area (Å²) in [6, 6.07) is 5.84. The molecule has 1 aliphatic rings. The Balaban J connectivity index is 2.01. The van der Waals surface area contributed by atoms with Crippen LogP contribution in [0.1, 0.15) is 18.4 Å². The Hall–Kier alpha value is -0.280. The van der Waals surface area contributed by atoms with Crippen LogP contribution >= 0.6 is 23.2 Å². The lowest BCUT2D eigenvalue weighted by molar-refractivity contribution is 0.0585. The number of ether oxygens (including phenoxy) is 1. The van der Waals surface area contributed by atoms with Crippen molar-refractivity contribution in [1.29, 1.82) is 0 Å². The minimum Gasteiger partial charge on any atom is -0.381 e. The molecule has 1 fully saturated rings. The first-order valence-electron chi connectivity index (χ1n) is 5.94. The number of hydrogen-bond donors (Lipinski definition) is 1. The maximum Gasteiger partial charge on any atom is 0.0624 e. The molecule has 94 valence electrons. The van der Waals surface area contributed by atoms with Crippen LogP contribution in [0.15, 0.2) is 18.2 Å². The summed E-state index contributed by atoms with van der Waals surface area (Å²) < 4.78 is 5.34. The van der Waals surface area contributed by atoms with E-state index >= 15 is 0 Å². The lowest BCUT2D eigenvalue weighted by atomic mass is 9.88. The van der Waals surface area contributed by atoms with E-state index < -0.39 is 0 Å². The highest BCUT2D eigenvalue weighted by atomic mass is 35.5. The van der Waals surface area contributed by atoms with Gasteiger partial charge in [-0.2, -0.15) is 0 Å². The summed E-state index contributed by atoms with van der Waals surface area (Å²) in [5.41, 5.74) is 7.28. The van der Waals surface area contributed by atoms with Crippen molar-refractivity contribution in [1.82, 2.24) is 0 Å². The van der Waals surface area contributed by atoms with Gasteiger partial charge in [-0.1, -0.05) is 35.3 Å². The van der Waals surface area contributed by atoms with Crippen molar-refractivity contribution < 1.29 is 4.74 Å². The molecule has 2 N–H and O–H groups in total. The van der Waals surface area contributed by atoms with E-state index in [2.05, 4.69) is 0 Å². The van der Waals surface area contributed by atoms with Gasteiger partial charge in [0, 0.05) is 19.3 Å². The fourth-order valence-corrected chi connectivity index (χ4v) is 2.67. The monoisotopic (exact) mass is 273 g/mol. The minimum absolute atomic E-state index is 0.134. The maximum absolute atomic E-state index is 6.24. The molecule has 0 amide bonds. The van der Waals surface area contributed by atoms with Crippen LogP contribution < -0.4 is 5.73 Å². The summed E-state index contributed by atoms with van der Waals surface area (Å²) in [5.74, 6) is 0.527. The molecule has 2 rings (SSSR count). The van der Waals surface area contributed by atoms with E-state index in [-0.39, 0.29) is 6.04 Å². The summed E-state index contributed by atoms with van der Waals surface area (Å²) in [6.45, 7) is 1.64. The van der Waals surface area contributed by atoms with Gasteiger partial charge in [-0.15, -0.1) is 0 Å². The zero-order valence-electron chi connectivity index (χ0n) is 9.66. The third kappa shape index (κ3) is 3.35. The Morgan fingerprint density at radius 2 is 2.00 bits per heavy atom. The lowest BCUT2D eigenvalue weighted by Gasteiger charge is -2.27. The van der Waals surface area contributed by atoms with Crippen LogP contribution in [-0.4, -0.2) is 19.3 Å². The Kier molecular flexibility index (Phi) is 4.69. The van der Waals surface area contributed by atoms with Gasteiger partial charge in [0.15, 0.2) is 0 Å². The first-order valence-corrected chi connectivity index (χ1v) is 6.70. The molecule has 2 nitrogen and oxygen atoms in total. The summed E-state index contributed by atoms with van der Waals surface area (Å²) in [5, 5.41) is 1.24. The van der Waals surface area contributed by atoms with Crippen molar-refractivity contribution in [2.45, 2.75) is 25.3 Å². The molecule has 0 radical (unpaired) electrons. The zero-order valence-corrected chi connectivity index (χ0v) is 11.2. The average molecular weight is 274 g/mol. The Bertz CT molecular complexity index is 378. The van der Waals surface area contributed by atoms with Crippen molar-refractivity contribution in [3.8, 4) is 0 Å². The van der Waals surface area contributed by atoms with Crippen molar-refractivity contribution in [3.05, 3.63) is 33.8 Å². The van der Waals surface area contributed by atoms with Gasteiger partial charge in [-0.05, 0) is 36.8 Å². The van der Waals surface area contributed by atoms with Crippen LogP contribution in [0.3, 0.4) is 0 Å². The molecule has 1 aliphatic heterocycles. The fraction of sp³-hybridized carbons (Fsp3) is 0.538. The molecule has 1 heterocycles. The van der Waals surface area contributed by atoms with Crippen LogP contribution in [0.4, 0.5) is 0 Å². The van der Waals surface area contributed by atoms with E-state index in [1.54, 1.807) is 6.07 Å². The fourth-order valence-electron chi connectivity index (χ4n) is 2.27. The van der Waals surface area contributed by atoms with Gasteiger partial charge >= 0.3 is 0 Å². The Morgan fingerprint density at radius 1 is 1.29 bits per heavy atom. The number of hydrogen-bond acceptors (Lipinski definition) is 2. The van der Waals surface area contributed by atoms with Crippen LogP contribution in [0.25, 0.3) is 0 Å². The third-order valence-corrected chi connectivity index (χ3v) is 4.22. The highest BCUT2D eigenvalue weighted by Crippen LogP contribution is 2.28. The van der Waals surface area contributed by atoms with Gasteiger partial charge in [-0.25, -0.2) is 0 Å². The second-order valence-corrected chi connectivity index (χ2v) is 5.32. The van der Waals surface area contributed by atoms with Gasteiger partial charge < -0.3 is 10.5 Å². The molecule has 1 unspecified atom stereocenters. The van der Waals surface area contributed by atoms with E-state index in [0.717, 1.165) is 38.0 Å². The molecule has 1 aromatic carbocycles. The van der Waals surface area contributed by atoms with Crippen LogP contribution in [-0.2, 0) is 11.2 Å². The second-order valence-electron chi connectivity index (χ2n) is 4.53. The van der Waals surface area contributed by atoms with E-state index in [9.17, 15) is 0 Å². The van der Waals surface area contributed by atoms with Gasteiger partial charge in [-0.3, -0.25) is 0 Å². The summed E-state index contributed by atoms with van der Waals surface area (Å²) in [6.07, 6.45) is 2.86. The molecular formula is C13H17Cl2NO. The topological polar surface area (TPSA) is 35.2 Å². The SMILES string of the molecule is NC(Cc1cccc(Cl)c1Cl)C1CCOCC1. The van der Waals surface area contributed by atoms with Gasteiger partial charge in [0.1, 0.15) is 0 Å². The molecule has 4 heteroatoms. The van der Waals surface area contributed by atoms with E-state index in [1.165, 1.54) is 0 Å². The maximum atomic E-state index is 6.24. The molecule has 17 heavy (non-hydrogen) atoms. The largest absolute Gasteiger partial charge is 0.381 e. The first-order chi connectivity index (χ1) is 8.18. The van der Waals surface area contributed by atoms with E-state index in [1.807, 2.05) is 12.1 Å². The summed E-state index contributed by atoms with van der Waals surface area (Å²) in [4.78, 5) is 0. The predicted octanol–water partition coefficient (Wildman–Crippen LogP) is 3.29. The van der Waals surface area contributed by atoms with Crippen LogP contribution in [0.2, 0.25) is 10.0 Å². The minimum atomic E-state index is 0.134. The lowest BCUT2D eigenvalue weighted by Crippen LogP contribution is -2.36. The first kappa shape index (κ1) is 13.2. The standard InChI is InChI=1S/C13H17Cl2NO/c14-11-3-1-2-10(13(11)15)8-12(16)9-4-6-17-7-5-9/h1-3,9,12H,4-8,16H2. The average Bonchev–Trinajstić information content (AvgIpc) is 2.36. The molecule has 0 aliphatic carbocycles. The number of nitrogens with two attached hydrogens (primary N) is 1. The highest BCUT2D eigenvalue weighted by molar-refractivity contribution is 6.42.